The molecule has 0 spiro atoms. The van der Waals surface area contributed by atoms with E-state index in [9.17, 15) is 24.9 Å². The highest BCUT2D eigenvalue weighted by Crippen LogP contribution is 2.48. The number of imide groups is 1. The Kier molecular flexibility index (Phi) is 10.8. The van der Waals surface area contributed by atoms with Gasteiger partial charge in [0.25, 0.3) is 0 Å². The summed E-state index contributed by atoms with van der Waals surface area (Å²) in [6.45, 7) is 4.18. The largest absolute Gasteiger partial charge is 0.508 e. The second kappa shape index (κ2) is 15.2. The molecule has 0 aromatic heterocycles. The van der Waals surface area contributed by atoms with Crippen molar-refractivity contribution in [1.82, 2.24) is 9.80 Å². The fraction of sp³-hybridized carbons (Fsp3) is 0.400. The molecule has 2 amide bonds. The molecule has 2 aliphatic heterocycles. The predicted octanol–water partition coefficient (Wildman–Crippen LogP) is 6.71. The van der Waals surface area contributed by atoms with E-state index in [1.165, 1.54) is 16.5 Å². The van der Waals surface area contributed by atoms with E-state index < -0.39 is 23.9 Å². The molecule has 4 atom stereocenters. The standard InChI is InChI=1S/C40H45ClN2O5/c1-2-27-22-33-38(40(48)43(39(33)47)31-17-19-42(20-18-31)24-26-9-5-3-6-10-26)34(25-44)37(27)36(46)16-14-29(28-11-7-4-8-12-28)21-30-13-15-32(45)23-35(30)41/h3-13,15,21,23,31,33-34,36,38,44-46H,2,14,16-20,22,24-25H2,1H3/b29-21-/t33-,34+,36-,38-/m1/s1. The molecule has 3 aromatic rings. The van der Waals surface area contributed by atoms with Crippen LogP contribution in [0.15, 0.2) is 90.0 Å². The molecule has 6 rings (SSSR count). The zero-order valence-corrected chi connectivity index (χ0v) is 28.2. The van der Waals surface area contributed by atoms with Crippen molar-refractivity contribution in [2.45, 2.75) is 64.1 Å². The summed E-state index contributed by atoms with van der Waals surface area (Å²) < 4.78 is 0. The predicted molar refractivity (Wildman–Crippen MR) is 189 cm³/mol. The molecule has 7 nitrogen and oxygen atoms in total. The minimum atomic E-state index is -0.890. The van der Waals surface area contributed by atoms with Crippen LogP contribution in [0.25, 0.3) is 11.6 Å². The van der Waals surface area contributed by atoms with Crippen LogP contribution in [0, 0.1) is 17.8 Å². The first-order valence-electron chi connectivity index (χ1n) is 17.2. The number of rotatable bonds is 11. The van der Waals surface area contributed by atoms with Gasteiger partial charge < -0.3 is 15.3 Å². The molecule has 252 valence electrons. The van der Waals surface area contributed by atoms with Crippen LogP contribution >= 0.6 is 11.6 Å². The van der Waals surface area contributed by atoms with Gasteiger partial charge in [-0.15, -0.1) is 0 Å². The van der Waals surface area contributed by atoms with Gasteiger partial charge in [-0.2, -0.15) is 0 Å². The second-order valence-electron chi connectivity index (χ2n) is 13.4. The summed E-state index contributed by atoms with van der Waals surface area (Å²) >= 11 is 6.45. The van der Waals surface area contributed by atoms with E-state index >= 15 is 0 Å². The summed E-state index contributed by atoms with van der Waals surface area (Å²) in [7, 11) is 0. The summed E-state index contributed by atoms with van der Waals surface area (Å²) in [4.78, 5) is 31.9. The average molecular weight is 669 g/mol. The van der Waals surface area contributed by atoms with E-state index in [0.717, 1.165) is 60.3 Å². The van der Waals surface area contributed by atoms with Gasteiger partial charge in [-0.25, -0.2) is 0 Å². The Labute approximate surface area is 288 Å². The molecular weight excluding hydrogens is 624 g/mol. The summed E-state index contributed by atoms with van der Waals surface area (Å²) in [5.41, 5.74) is 5.65. The van der Waals surface area contributed by atoms with Gasteiger partial charge >= 0.3 is 0 Å². The number of hydrogen-bond acceptors (Lipinski definition) is 6. The van der Waals surface area contributed by atoms with Crippen LogP contribution in [0.4, 0.5) is 0 Å². The zero-order chi connectivity index (χ0) is 33.8. The van der Waals surface area contributed by atoms with Crippen LogP contribution in [-0.2, 0) is 16.1 Å². The molecule has 3 aliphatic rings. The Balaban J connectivity index is 1.18. The van der Waals surface area contributed by atoms with Crippen molar-refractivity contribution in [2.24, 2.45) is 17.8 Å². The maximum Gasteiger partial charge on any atom is 0.234 e. The lowest BCUT2D eigenvalue weighted by Gasteiger charge is -2.37. The molecular formula is C40H45ClN2O5. The number of phenolic OH excluding ortho intramolecular Hbond substituents is 1. The number of nitrogens with zero attached hydrogens (tertiary/aromatic N) is 2. The normalized spacial score (nSPS) is 23.1. The molecule has 2 fully saturated rings. The quantitative estimate of drug-likeness (QED) is 0.119. The molecule has 1 aliphatic carbocycles. The third-order valence-corrected chi connectivity index (χ3v) is 10.8. The Morgan fingerprint density at radius 2 is 1.67 bits per heavy atom. The third kappa shape index (κ3) is 7.15. The highest BCUT2D eigenvalue weighted by Gasteiger charge is 2.56. The molecule has 3 N–H and O–H groups in total. The van der Waals surface area contributed by atoms with Crippen molar-refractivity contribution in [3.8, 4) is 5.75 Å². The van der Waals surface area contributed by atoms with Crippen LogP contribution in [0.2, 0.25) is 5.02 Å². The number of aromatic hydroxyl groups is 1. The van der Waals surface area contributed by atoms with Gasteiger partial charge in [-0.1, -0.05) is 84.8 Å². The zero-order valence-electron chi connectivity index (χ0n) is 27.5. The summed E-state index contributed by atoms with van der Waals surface area (Å²) in [6.07, 6.45) is 4.50. The number of carbonyl (C=O) groups is 2. The first-order valence-corrected chi connectivity index (χ1v) is 17.5. The number of aliphatic hydroxyl groups is 2. The molecule has 3 aromatic carbocycles. The smallest absolute Gasteiger partial charge is 0.234 e. The number of amides is 2. The van der Waals surface area contributed by atoms with E-state index in [0.29, 0.717) is 30.7 Å². The molecule has 8 heteroatoms. The van der Waals surface area contributed by atoms with Crippen molar-refractivity contribution >= 4 is 35.1 Å². The van der Waals surface area contributed by atoms with Crippen LogP contribution in [0.1, 0.15) is 62.1 Å². The molecule has 2 heterocycles. The van der Waals surface area contributed by atoms with Crippen molar-refractivity contribution in [2.75, 3.05) is 19.7 Å². The van der Waals surface area contributed by atoms with E-state index in [2.05, 4.69) is 17.0 Å². The molecule has 0 bridgehead atoms. The van der Waals surface area contributed by atoms with Crippen molar-refractivity contribution in [1.29, 1.82) is 0 Å². The van der Waals surface area contributed by atoms with Crippen molar-refractivity contribution in [3.05, 3.63) is 112 Å². The van der Waals surface area contributed by atoms with Gasteiger partial charge in [0.15, 0.2) is 0 Å². The highest BCUT2D eigenvalue weighted by atomic mass is 35.5. The van der Waals surface area contributed by atoms with Gasteiger partial charge in [0.05, 0.1) is 29.6 Å². The molecule has 0 radical (unpaired) electrons. The monoisotopic (exact) mass is 668 g/mol. The van der Waals surface area contributed by atoms with Gasteiger partial charge in [0.1, 0.15) is 5.75 Å². The highest BCUT2D eigenvalue weighted by molar-refractivity contribution is 6.32. The Morgan fingerprint density at radius 3 is 2.31 bits per heavy atom. The second-order valence-corrected chi connectivity index (χ2v) is 13.8. The number of halogens is 1. The minimum absolute atomic E-state index is 0.0885. The van der Waals surface area contributed by atoms with Gasteiger partial charge in [-0.3, -0.25) is 19.4 Å². The maximum absolute atomic E-state index is 14.1. The molecule has 48 heavy (non-hydrogen) atoms. The number of piperidine rings is 1. The van der Waals surface area contributed by atoms with Crippen molar-refractivity contribution < 1.29 is 24.9 Å². The number of hydrogen-bond donors (Lipinski definition) is 3. The SMILES string of the molecule is CCC1=C([C@H](O)CC/C(=C/c2ccc(O)cc2Cl)c2ccccc2)[C@H](CO)[C@@H]2C(=O)N(C3CCN(Cc4ccccc4)CC3)C(=O)[C@@H]2C1. The van der Waals surface area contributed by atoms with Gasteiger partial charge in [0.2, 0.25) is 11.8 Å². The molecule has 0 saturated carbocycles. The summed E-state index contributed by atoms with van der Waals surface area (Å²) in [5.74, 6) is -2.00. The maximum atomic E-state index is 14.1. The van der Waals surface area contributed by atoms with Crippen LogP contribution < -0.4 is 0 Å². The number of aliphatic hydroxyl groups excluding tert-OH is 2. The third-order valence-electron chi connectivity index (χ3n) is 10.5. The van der Waals surface area contributed by atoms with Gasteiger partial charge in [0, 0.05) is 31.6 Å². The number of benzene rings is 3. The van der Waals surface area contributed by atoms with E-state index in [-0.39, 0.29) is 30.2 Å². The Bertz CT molecular complexity index is 1670. The van der Waals surface area contributed by atoms with Crippen LogP contribution in [-0.4, -0.2) is 68.8 Å². The number of likely N-dealkylation sites (tertiary alicyclic amines) is 2. The number of allylic oxidation sites excluding steroid dienone is 2. The van der Waals surface area contributed by atoms with Gasteiger partial charge in [-0.05, 0) is 90.6 Å². The fourth-order valence-electron chi connectivity index (χ4n) is 8.08. The number of phenols is 1. The minimum Gasteiger partial charge on any atom is -0.508 e. The first kappa shape index (κ1) is 34.1. The fourth-order valence-corrected chi connectivity index (χ4v) is 8.31. The Hall–Kier alpha value is -3.75. The van der Waals surface area contributed by atoms with Crippen LogP contribution in [0.3, 0.4) is 0 Å². The topological polar surface area (TPSA) is 101 Å². The van der Waals surface area contributed by atoms with E-state index in [1.807, 2.05) is 61.5 Å². The molecule has 0 unspecified atom stereocenters. The number of fused-ring (bicyclic) bond motifs is 1. The lowest BCUT2D eigenvalue weighted by Crippen LogP contribution is -2.47. The lowest BCUT2D eigenvalue weighted by molar-refractivity contribution is -0.144. The van der Waals surface area contributed by atoms with Crippen LogP contribution in [0.5, 0.6) is 5.75 Å². The Morgan fingerprint density at radius 1 is 0.979 bits per heavy atom. The molecule has 2 saturated heterocycles. The lowest BCUT2D eigenvalue weighted by atomic mass is 9.67. The summed E-state index contributed by atoms with van der Waals surface area (Å²) in [5, 5.41) is 32.8. The number of carbonyl (C=O) groups excluding carboxylic acids is 2. The summed E-state index contributed by atoms with van der Waals surface area (Å²) in [6, 6.07) is 24.9. The average Bonchev–Trinajstić information content (AvgIpc) is 3.36. The first-order chi connectivity index (χ1) is 23.3. The van der Waals surface area contributed by atoms with E-state index in [1.54, 1.807) is 12.1 Å². The van der Waals surface area contributed by atoms with Crippen molar-refractivity contribution in [3.63, 3.8) is 0 Å². The van der Waals surface area contributed by atoms with E-state index in [4.69, 9.17) is 11.6 Å².